The number of rotatable bonds is 7. The van der Waals surface area contributed by atoms with E-state index in [9.17, 15) is 22.8 Å². The second-order valence-corrected chi connectivity index (χ2v) is 11.6. The quantitative estimate of drug-likeness (QED) is 0.476. The van der Waals surface area contributed by atoms with Gasteiger partial charge >= 0.3 is 6.18 Å². The molecule has 2 fully saturated rings. The number of aromatic nitrogens is 1. The summed E-state index contributed by atoms with van der Waals surface area (Å²) in [6.07, 6.45) is -4.61. The summed E-state index contributed by atoms with van der Waals surface area (Å²) in [4.78, 5) is 41.1. The van der Waals surface area contributed by atoms with E-state index in [2.05, 4.69) is 19.7 Å². The van der Waals surface area contributed by atoms with Crippen LogP contribution in [-0.2, 0) is 20.5 Å². The summed E-state index contributed by atoms with van der Waals surface area (Å²) in [6.45, 7) is 8.44. The van der Waals surface area contributed by atoms with Crippen LogP contribution >= 0.6 is 11.6 Å². The number of carbonyl (C=O) groups is 2. The van der Waals surface area contributed by atoms with Crippen LogP contribution in [0.1, 0.15) is 17.7 Å². The van der Waals surface area contributed by atoms with E-state index in [0.29, 0.717) is 36.1 Å². The third-order valence-corrected chi connectivity index (χ3v) is 8.69. The number of benzene rings is 1. The van der Waals surface area contributed by atoms with Gasteiger partial charge < -0.3 is 14.5 Å². The first-order valence-electron chi connectivity index (χ1n) is 14.1. The summed E-state index contributed by atoms with van der Waals surface area (Å²) >= 11 is 6.73. The Balaban J connectivity index is 1.44. The molecular formula is C29H36ClF3N6O3. The van der Waals surface area contributed by atoms with Gasteiger partial charge in [-0.05, 0) is 31.2 Å². The molecule has 2 saturated heterocycles. The molecule has 3 aliphatic rings. The fourth-order valence-corrected chi connectivity index (χ4v) is 6.48. The zero-order chi connectivity index (χ0) is 30.2. The highest BCUT2D eigenvalue weighted by Crippen LogP contribution is 2.42. The Hall–Kier alpha value is -2.93. The molecule has 0 unspecified atom stereocenters. The van der Waals surface area contributed by atoms with Gasteiger partial charge in [-0.1, -0.05) is 17.7 Å². The highest BCUT2D eigenvalue weighted by Gasteiger charge is 2.49. The molecule has 3 aliphatic heterocycles. The molecule has 0 aliphatic carbocycles. The minimum Gasteiger partial charge on any atom is -0.383 e. The van der Waals surface area contributed by atoms with Crippen LogP contribution < -0.4 is 14.7 Å². The van der Waals surface area contributed by atoms with Crippen LogP contribution in [0.3, 0.4) is 0 Å². The number of hydrogen-bond donors (Lipinski definition) is 0. The Bertz CT molecular complexity index is 1320. The zero-order valence-corrected chi connectivity index (χ0v) is 24.8. The van der Waals surface area contributed by atoms with Crippen molar-refractivity contribution < 1.29 is 27.5 Å². The second-order valence-electron chi connectivity index (χ2n) is 11.2. The summed E-state index contributed by atoms with van der Waals surface area (Å²) < 4.78 is 46.2. The number of amides is 2. The standard InChI is InChI=1S/C29H36ClF3N6O3/c1-19-15-21(29(31,32)33)17-24(34-19)39-25(40)16-20-18-38(12-11-36-7-9-37(10-8-36)13-14-42-3)27-22(30)5-4-6-23(27)35(2)28(41)26(20)39/h4-6,15,17,20,26H,7-14,16,18H2,1-3H3/t20-,26+/m1/s1. The molecule has 0 saturated carbocycles. The Morgan fingerprint density at radius 2 is 1.74 bits per heavy atom. The van der Waals surface area contributed by atoms with Crippen LogP contribution in [0.15, 0.2) is 30.3 Å². The second kappa shape index (κ2) is 12.4. The third kappa shape index (κ3) is 6.22. The van der Waals surface area contributed by atoms with Crippen molar-refractivity contribution in [1.82, 2.24) is 14.8 Å². The van der Waals surface area contributed by atoms with Crippen molar-refractivity contribution in [3.8, 4) is 0 Å². The number of nitrogens with zero attached hydrogens (tertiary/aromatic N) is 6. The summed E-state index contributed by atoms with van der Waals surface area (Å²) in [5.74, 6) is -1.45. The number of piperazine rings is 1. The Morgan fingerprint density at radius 1 is 1.05 bits per heavy atom. The van der Waals surface area contributed by atoms with Crippen molar-refractivity contribution in [1.29, 1.82) is 0 Å². The molecule has 4 heterocycles. The number of likely N-dealkylation sites (N-methyl/N-ethyl adjacent to an activating group) is 1. The van der Waals surface area contributed by atoms with Gasteiger partial charge in [-0.25, -0.2) is 4.98 Å². The highest BCUT2D eigenvalue weighted by atomic mass is 35.5. The van der Waals surface area contributed by atoms with Gasteiger partial charge in [0.2, 0.25) is 11.8 Å². The summed E-state index contributed by atoms with van der Waals surface area (Å²) in [6, 6.07) is 6.13. The van der Waals surface area contributed by atoms with E-state index in [1.165, 1.54) is 16.7 Å². The summed E-state index contributed by atoms with van der Waals surface area (Å²) in [5.41, 5.74) is 0.506. The van der Waals surface area contributed by atoms with Gasteiger partial charge in [-0.15, -0.1) is 0 Å². The van der Waals surface area contributed by atoms with Gasteiger partial charge in [-0.3, -0.25) is 24.3 Å². The number of hydrogen-bond acceptors (Lipinski definition) is 7. The summed E-state index contributed by atoms with van der Waals surface area (Å²) in [5, 5.41) is 0.492. The maximum Gasteiger partial charge on any atom is 0.416 e. The van der Waals surface area contributed by atoms with Gasteiger partial charge in [0.1, 0.15) is 11.9 Å². The van der Waals surface area contributed by atoms with E-state index in [4.69, 9.17) is 16.3 Å². The number of alkyl halides is 3. The van der Waals surface area contributed by atoms with Crippen molar-refractivity contribution >= 4 is 40.6 Å². The molecule has 1 aromatic carbocycles. The predicted molar refractivity (Wildman–Crippen MR) is 155 cm³/mol. The first-order chi connectivity index (χ1) is 20.0. The van der Waals surface area contributed by atoms with Crippen LogP contribution in [0.2, 0.25) is 5.02 Å². The average Bonchev–Trinajstić information content (AvgIpc) is 3.27. The van der Waals surface area contributed by atoms with Crippen molar-refractivity contribution in [3.63, 3.8) is 0 Å². The van der Waals surface area contributed by atoms with Crippen LogP contribution in [-0.4, -0.2) is 106 Å². The Morgan fingerprint density at radius 3 is 2.40 bits per heavy atom. The molecule has 2 atom stereocenters. The molecule has 0 spiro atoms. The SMILES string of the molecule is COCCN1CCN(CCN2C[C@H]3CC(=O)N(c4cc(C(F)(F)F)cc(C)n4)[C@@H]3C(=O)N(C)c3cccc(Cl)c32)CC1. The largest absolute Gasteiger partial charge is 0.416 e. The van der Waals surface area contributed by atoms with E-state index < -0.39 is 35.5 Å². The van der Waals surface area contributed by atoms with Gasteiger partial charge in [-0.2, -0.15) is 13.2 Å². The van der Waals surface area contributed by atoms with E-state index in [1.54, 1.807) is 32.4 Å². The lowest BCUT2D eigenvalue weighted by Crippen LogP contribution is -2.53. The number of methoxy groups -OCH3 is 1. The fraction of sp³-hybridized carbons (Fsp3) is 0.552. The van der Waals surface area contributed by atoms with Gasteiger partial charge in [0.05, 0.1) is 28.6 Å². The maximum atomic E-state index is 14.0. The smallest absolute Gasteiger partial charge is 0.383 e. The van der Waals surface area contributed by atoms with Crippen molar-refractivity contribution in [2.45, 2.75) is 25.6 Å². The Kier molecular flexibility index (Phi) is 8.98. The molecule has 228 valence electrons. The normalized spacial score (nSPS) is 22.3. The summed E-state index contributed by atoms with van der Waals surface area (Å²) in [7, 11) is 3.32. The number of ether oxygens (including phenoxy) is 1. The molecule has 1 aromatic heterocycles. The van der Waals surface area contributed by atoms with E-state index in [1.807, 2.05) is 0 Å². The molecule has 2 aromatic rings. The van der Waals surface area contributed by atoms with E-state index in [-0.39, 0.29) is 17.9 Å². The number of anilines is 3. The highest BCUT2D eigenvalue weighted by molar-refractivity contribution is 6.34. The average molecular weight is 609 g/mol. The van der Waals surface area contributed by atoms with Gasteiger partial charge in [0.15, 0.2) is 0 Å². The maximum absolute atomic E-state index is 14.0. The number of pyridine rings is 1. The molecule has 5 rings (SSSR count). The molecule has 0 N–H and O–H groups in total. The minimum atomic E-state index is -4.62. The lowest BCUT2D eigenvalue weighted by atomic mass is 9.95. The van der Waals surface area contributed by atoms with Crippen molar-refractivity contribution in [2.75, 3.05) is 87.8 Å². The lowest BCUT2D eigenvalue weighted by Gasteiger charge is -2.40. The zero-order valence-electron chi connectivity index (χ0n) is 24.0. The van der Waals surface area contributed by atoms with Crippen LogP contribution in [0.25, 0.3) is 0 Å². The lowest BCUT2D eigenvalue weighted by molar-refractivity contribution is -0.137. The monoisotopic (exact) mass is 608 g/mol. The molecule has 2 amide bonds. The predicted octanol–water partition coefficient (Wildman–Crippen LogP) is 3.53. The fourth-order valence-electron chi connectivity index (χ4n) is 6.19. The number of aryl methyl sites for hydroxylation is 1. The molecule has 42 heavy (non-hydrogen) atoms. The van der Waals surface area contributed by atoms with Crippen LogP contribution in [0, 0.1) is 12.8 Å². The van der Waals surface area contributed by atoms with E-state index >= 15 is 0 Å². The molecule has 9 nitrogen and oxygen atoms in total. The number of carbonyl (C=O) groups excluding carboxylic acids is 2. The third-order valence-electron chi connectivity index (χ3n) is 8.39. The number of fused-ring (bicyclic) bond motifs is 2. The number of para-hydroxylation sites is 1. The minimum absolute atomic E-state index is 0.00960. The number of halogens is 4. The van der Waals surface area contributed by atoms with Gasteiger partial charge in [0.25, 0.3) is 0 Å². The van der Waals surface area contributed by atoms with E-state index in [0.717, 1.165) is 51.4 Å². The van der Waals surface area contributed by atoms with Crippen molar-refractivity contribution in [3.05, 3.63) is 46.6 Å². The molecule has 0 radical (unpaired) electrons. The van der Waals surface area contributed by atoms with Crippen molar-refractivity contribution in [2.24, 2.45) is 5.92 Å². The Labute approximate surface area is 248 Å². The first-order valence-corrected chi connectivity index (χ1v) is 14.5. The molecule has 0 bridgehead atoms. The topological polar surface area (TPSA) is 72.5 Å². The van der Waals surface area contributed by atoms with Crippen LogP contribution in [0.5, 0.6) is 0 Å². The molecule has 13 heteroatoms. The first kappa shape index (κ1) is 30.5. The van der Waals surface area contributed by atoms with Crippen LogP contribution in [0.4, 0.5) is 30.4 Å². The van der Waals surface area contributed by atoms with Gasteiger partial charge in [0, 0.05) is 84.5 Å². The molecular weight excluding hydrogens is 573 g/mol.